The minimum atomic E-state index is 0.543. The van der Waals surface area contributed by atoms with Crippen LogP contribution in [0.15, 0.2) is 60.8 Å². The molecule has 118 valence electrons. The van der Waals surface area contributed by atoms with Crippen LogP contribution in [-0.4, -0.2) is 20.2 Å². The van der Waals surface area contributed by atoms with Crippen LogP contribution in [-0.2, 0) is 0 Å². The summed E-state index contributed by atoms with van der Waals surface area (Å²) in [6.45, 7) is 2.05. The number of rotatable bonds is 4. The standard InChI is InChI=1S/C18H16N6/c1-12-5-4-6-13(11-12)20-18-21-15-8-3-2-7-14(15)17(23-18)22-16-9-10-19-24-16/h2-11H,1H3,(H3,19,20,21,22,23,24). The van der Waals surface area contributed by atoms with E-state index in [0.29, 0.717) is 5.95 Å². The molecule has 0 spiro atoms. The molecule has 0 aliphatic carbocycles. The molecule has 2 aromatic carbocycles. The molecule has 0 saturated heterocycles. The van der Waals surface area contributed by atoms with Crippen molar-refractivity contribution in [2.75, 3.05) is 10.6 Å². The number of aromatic amines is 1. The topological polar surface area (TPSA) is 78.5 Å². The average Bonchev–Trinajstić information content (AvgIpc) is 3.08. The van der Waals surface area contributed by atoms with E-state index in [9.17, 15) is 0 Å². The fraction of sp³-hybridized carbons (Fsp3) is 0.0556. The first kappa shape index (κ1) is 14.2. The molecule has 3 N–H and O–H groups in total. The summed E-state index contributed by atoms with van der Waals surface area (Å²) in [4.78, 5) is 9.22. The maximum Gasteiger partial charge on any atom is 0.229 e. The zero-order valence-electron chi connectivity index (χ0n) is 13.1. The van der Waals surface area contributed by atoms with Crippen molar-refractivity contribution in [3.63, 3.8) is 0 Å². The zero-order valence-corrected chi connectivity index (χ0v) is 13.1. The van der Waals surface area contributed by atoms with Crippen LogP contribution in [0.1, 0.15) is 5.56 Å². The molecule has 2 heterocycles. The molecular formula is C18H16N6. The van der Waals surface area contributed by atoms with E-state index in [1.807, 2.05) is 42.5 Å². The molecule has 0 aliphatic rings. The second kappa shape index (κ2) is 6.00. The lowest BCUT2D eigenvalue weighted by atomic mass is 10.2. The number of nitrogens with zero attached hydrogens (tertiary/aromatic N) is 3. The predicted molar refractivity (Wildman–Crippen MR) is 95.9 cm³/mol. The third-order valence-electron chi connectivity index (χ3n) is 3.63. The fourth-order valence-electron chi connectivity index (χ4n) is 2.53. The third kappa shape index (κ3) is 2.89. The Kier molecular flexibility index (Phi) is 3.55. The average molecular weight is 316 g/mol. The lowest BCUT2D eigenvalue weighted by Gasteiger charge is -2.11. The van der Waals surface area contributed by atoms with Crippen LogP contribution in [0.2, 0.25) is 0 Å². The van der Waals surface area contributed by atoms with E-state index in [4.69, 9.17) is 0 Å². The Bertz CT molecular complexity index is 978. The van der Waals surface area contributed by atoms with Crippen LogP contribution in [0.3, 0.4) is 0 Å². The maximum absolute atomic E-state index is 4.62. The number of anilines is 4. The van der Waals surface area contributed by atoms with Crippen LogP contribution in [0, 0.1) is 6.92 Å². The molecule has 6 heteroatoms. The van der Waals surface area contributed by atoms with Gasteiger partial charge in [0.1, 0.15) is 11.6 Å². The van der Waals surface area contributed by atoms with Crippen molar-refractivity contribution in [2.24, 2.45) is 0 Å². The zero-order chi connectivity index (χ0) is 16.4. The Morgan fingerprint density at radius 1 is 0.917 bits per heavy atom. The second-order valence-corrected chi connectivity index (χ2v) is 5.50. The van der Waals surface area contributed by atoms with Gasteiger partial charge in [0.2, 0.25) is 5.95 Å². The number of para-hydroxylation sites is 1. The molecule has 6 nitrogen and oxygen atoms in total. The number of benzene rings is 2. The van der Waals surface area contributed by atoms with E-state index in [2.05, 4.69) is 49.9 Å². The number of aromatic nitrogens is 4. The molecule has 0 amide bonds. The highest BCUT2D eigenvalue weighted by Crippen LogP contribution is 2.25. The Morgan fingerprint density at radius 3 is 2.67 bits per heavy atom. The summed E-state index contributed by atoms with van der Waals surface area (Å²) >= 11 is 0. The van der Waals surface area contributed by atoms with Gasteiger partial charge in [0, 0.05) is 17.1 Å². The molecule has 0 unspecified atom stereocenters. The highest BCUT2D eigenvalue weighted by molar-refractivity contribution is 5.91. The van der Waals surface area contributed by atoms with E-state index >= 15 is 0 Å². The largest absolute Gasteiger partial charge is 0.325 e. The van der Waals surface area contributed by atoms with Gasteiger partial charge in [-0.25, -0.2) is 4.98 Å². The van der Waals surface area contributed by atoms with Crippen molar-refractivity contribution >= 4 is 34.2 Å². The Labute approximate surface area is 139 Å². The molecule has 0 fully saturated rings. The van der Waals surface area contributed by atoms with Crippen LogP contribution in [0.4, 0.5) is 23.3 Å². The van der Waals surface area contributed by atoms with Crippen molar-refractivity contribution in [3.05, 3.63) is 66.4 Å². The molecule has 0 aliphatic heterocycles. The van der Waals surface area contributed by atoms with Gasteiger partial charge in [-0.1, -0.05) is 24.3 Å². The summed E-state index contributed by atoms with van der Waals surface area (Å²) in [7, 11) is 0. The molecule has 4 aromatic rings. The summed E-state index contributed by atoms with van der Waals surface area (Å²) < 4.78 is 0. The molecule has 4 rings (SSSR count). The van der Waals surface area contributed by atoms with E-state index in [1.165, 1.54) is 5.56 Å². The van der Waals surface area contributed by atoms with Crippen molar-refractivity contribution in [1.82, 2.24) is 20.2 Å². The number of H-pyrrole nitrogens is 1. The van der Waals surface area contributed by atoms with Gasteiger partial charge in [0.15, 0.2) is 0 Å². The fourth-order valence-corrected chi connectivity index (χ4v) is 2.53. The normalized spacial score (nSPS) is 10.7. The van der Waals surface area contributed by atoms with E-state index in [1.54, 1.807) is 6.20 Å². The lowest BCUT2D eigenvalue weighted by molar-refractivity contribution is 1.09. The molecule has 0 saturated carbocycles. The monoisotopic (exact) mass is 316 g/mol. The summed E-state index contributed by atoms with van der Waals surface area (Å²) in [6, 6.07) is 17.9. The van der Waals surface area contributed by atoms with Gasteiger partial charge in [0.05, 0.1) is 11.7 Å². The minimum Gasteiger partial charge on any atom is -0.325 e. The van der Waals surface area contributed by atoms with Gasteiger partial charge in [-0.2, -0.15) is 10.1 Å². The van der Waals surface area contributed by atoms with Crippen LogP contribution in [0.5, 0.6) is 0 Å². The van der Waals surface area contributed by atoms with Crippen molar-refractivity contribution in [3.8, 4) is 0 Å². The number of fused-ring (bicyclic) bond motifs is 1. The third-order valence-corrected chi connectivity index (χ3v) is 3.63. The Morgan fingerprint density at radius 2 is 1.83 bits per heavy atom. The first-order chi connectivity index (χ1) is 11.8. The van der Waals surface area contributed by atoms with Crippen molar-refractivity contribution in [2.45, 2.75) is 6.92 Å². The predicted octanol–water partition coefficient (Wildman–Crippen LogP) is 4.15. The lowest BCUT2D eigenvalue weighted by Crippen LogP contribution is -2.02. The van der Waals surface area contributed by atoms with Crippen LogP contribution >= 0.6 is 0 Å². The van der Waals surface area contributed by atoms with Gasteiger partial charge in [-0.05, 0) is 36.8 Å². The van der Waals surface area contributed by atoms with Gasteiger partial charge < -0.3 is 10.6 Å². The van der Waals surface area contributed by atoms with Gasteiger partial charge in [-0.15, -0.1) is 0 Å². The Balaban J connectivity index is 1.76. The summed E-state index contributed by atoms with van der Waals surface area (Å²) in [5.41, 5.74) is 3.00. The van der Waals surface area contributed by atoms with Crippen molar-refractivity contribution in [1.29, 1.82) is 0 Å². The molecule has 0 atom stereocenters. The maximum atomic E-state index is 4.62. The van der Waals surface area contributed by atoms with Crippen LogP contribution in [0.25, 0.3) is 10.9 Å². The summed E-state index contributed by atoms with van der Waals surface area (Å²) in [5, 5.41) is 14.3. The van der Waals surface area contributed by atoms with Gasteiger partial charge >= 0.3 is 0 Å². The highest BCUT2D eigenvalue weighted by atomic mass is 15.2. The molecule has 24 heavy (non-hydrogen) atoms. The molecular weight excluding hydrogens is 300 g/mol. The quantitative estimate of drug-likeness (QED) is 0.527. The van der Waals surface area contributed by atoms with Gasteiger partial charge in [-0.3, -0.25) is 5.10 Å². The first-order valence-electron chi connectivity index (χ1n) is 7.65. The summed E-state index contributed by atoms with van der Waals surface area (Å²) in [6.07, 6.45) is 1.69. The summed E-state index contributed by atoms with van der Waals surface area (Å²) in [5.74, 6) is 2.04. The van der Waals surface area contributed by atoms with E-state index in [0.717, 1.165) is 28.2 Å². The number of nitrogens with one attached hydrogen (secondary N) is 3. The smallest absolute Gasteiger partial charge is 0.229 e. The minimum absolute atomic E-state index is 0.543. The molecule has 2 aromatic heterocycles. The van der Waals surface area contributed by atoms with E-state index in [-0.39, 0.29) is 0 Å². The number of hydrogen-bond donors (Lipinski definition) is 3. The van der Waals surface area contributed by atoms with Gasteiger partial charge in [0.25, 0.3) is 0 Å². The SMILES string of the molecule is Cc1cccc(Nc2nc(Nc3ccn[nH]3)c3ccccc3n2)c1. The van der Waals surface area contributed by atoms with E-state index < -0.39 is 0 Å². The first-order valence-corrected chi connectivity index (χ1v) is 7.65. The molecule has 0 bridgehead atoms. The molecule has 0 radical (unpaired) electrons. The second-order valence-electron chi connectivity index (χ2n) is 5.50. The highest BCUT2D eigenvalue weighted by Gasteiger charge is 2.08. The van der Waals surface area contributed by atoms with Crippen molar-refractivity contribution < 1.29 is 0 Å². The number of aryl methyl sites for hydroxylation is 1. The van der Waals surface area contributed by atoms with Crippen LogP contribution < -0.4 is 10.6 Å². The number of hydrogen-bond acceptors (Lipinski definition) is 5. The Hall–Kier alpha value is -3.41.